The van der Waals surface area contributed by atoms with Crippen LogP contribution < -0.4 is 0 Å². The lowest BCUT2D eigenvalue weighted by Crippen LogP contribution is -1.91. The van der Waals surface area contributed by atoms with Crippen LogP contribution in [0.5, 0.6) is 0 Å². The van der Waals surface area contributed by atoms with Gasteiger partial charge in [0.2, 0.25) is 0 Å². The van der Waals surface area contributed by atoms with Gasteiger partial charge in [-0.2, -0.15) is 0 Å². The molecular weight excluding hydrogens is 162 g/mol. The molecule has 0 radical (unpaired) electrons. The summed E-state index contributed by atoms with van der Waals surface area (Å²) >= 11 is 3.39. The minimum atomic E-state index is 1.05. The molecule has 1 nitrogen and oxygen atoms in total. The van der Waals surface area contributed by atoms with E-state index in [1.165, 1.54) is 0 Å². The Morgan fingerprint density at radius 3 is 2.50 bits per heavy atom. The molecule has 0 fully saturated rings. The summed E-state index contributed by atoms with van der Waals surface area (Å²) in [5.74, 6) is 1.07. The number of hydrogen-bond donors (Lipinski definition) is 0. The Bertz CT molecular complexity index is 141. The zero-order valence-corrected chi connectivity index (χ0v) is 8.31. The van der Waals surface area contributed by atoms with E-state index in [1.807, 2.05) is 6.26 Å². The van der Waals surface area contributed by atoms with E-state index < -0.39 is 0 Å². The van der Waals surface area contributed by atoms with Gasteiger partial charge in [-0.3, -0.25) is 4.99 Å². The maximum absolute atomic E-state index is 4.08. The van der Waals surface area contributed by atoms with Crippen LogP contribution in [-0.2, 0) is 0 Å². The van der Waals surface area contributed by atoms with Gasteiger partial charge in [-0.15, -0.1) is 23.5 Å². The molecule has 0 unspecified atom stereocenters. The largest absolute Gasteiger partial charge is 0.281 e. The zero-order chi connectivity index (χ0) is 7.98. The van der Waals surface area contributed by atoms with E-state index >= 15 is 0 Å². The zero-order valence-electron chi connectivity index (χ0n) is 6.68. The van der Waals surface area contributed by atoms with Crippen molar-refractivity contribution >= 4 is 28.6 Å². The van der Waals surface area contributed by atoms with Gasteiger partial charge in [-0.05, 0) is 12.0 Å². The second kappa shape index (κ2) is 5.86. The topological polar surface area (TPSA) is 12.4 Å². The van der Waals surface area contributed by atoms with Gasteiger partial charge in [0.25, 0.3) is 0 Å². The van der Waals surface area contributed by atoms with Gasteiger partial charge in [0, 0.05) is 12.0 Å². The summed E-state index contributed by atoms with van der Waals surface area (Å²) < 4.78 is 0. The number of nitrogens with zero attached hydrogens (tertiary/aromatic N) is 1. The Morgan fingerprint density at radius 2 is 2.20 bits per heavy atom. The van der Waals surface area contributed by atoms with Crippen LogP contribution in [0.4, 0.5) is 0 Å². The van der Waals surface area contributed by atoms with Gasteiger partial charge in [-0.1, -0.05) is 13.5 Å². The van der Waals surface area contributed by atoms with Gasteiger partial charge >= 0.3 is 0 Å². The molecule has 0 aromatic rings. The van der Waals surface area contributed by atoms with Crippen molar-refractivity contribution in [2.24, 2.45) is 4.99 Å². The lowest BCUT2D eigenvalue weighted by atomic mass is 10.7. The van der Waals surface area contributed by atoms with Crippen molar-refractivity contribution in [3.05, 3.63) is 11.5 Å². The molecule has 0 aliphatic rings. The maximum Gasteiger partial charge on any atom is 0.103 e. The third kappa shape index (κ3) is 3.32. The Hall–Kier alpha value is 0.110. The third-order valence-electron chi connectivity index (χ3n) is 0.954. The normalized spacial score (nSPS) is 11.7. The van der Waals surface area contributed by atoms with Gasteiger partial charge in [0.1, 0.15) is 5.04 Å². The second-order valence-corrected chi connectivity index (χ2v) is 3.74. The van der Waals surface area contributed by atoms with Crippen LogP contribution in [0, 0.1) is 0 Å². The fourth-order valence-electron chi connectivity index (χ4n) is 0.566. The highest BCUT2D eigenvalue weighted by Crippen LogP contribution is 2.19. The predicted molar refractivity (Wildman–Crippen MR) is 54.1 cm³/mol. The summed E-state index contributed by atoms with van der Waals surface area (Å²) in [5.41, 5.74) is 0. The first-order chi connectivity index (χ1) is 4.76. The van der Waals surface area contributed by atoms with Crippen LogP contribution in [0.1, 0.15) is 6.92 Å². The first kappa shape index (κ1) is 10.1. The van der Waals surface area contributed by atoms with Crippen LogP contribution in [0.25, 0.3) is 0 Å². The van der Waals surface area contributed by atoms with Crippen molar-refractivity contribution in [3.63, 3.8) is 0 Å². The molecule has 0 aromatic carbocycles. The first-order valence-corrected chi connectivity index (χ1v) is 5.30. The molecule has 0 aromatic heterocycles. The van der Waals surface area contributed by atoms with Crippen molar-refractivity contribution < 1.29 is 0 Å². The fraction of sp³-hybridized carbons (Fsp3) is 0.571. The predicted octanol–water partition coefficient (Wildman–Crippen LogP) is 2.64. The van der Waals surface area contributed by atoms with E-state index in [4.69, 9.17) is 0 Å². The fourth-order valence-corrected chi connectivity index (χ4v) is 1.97. The lowest BCUT2D eigenvalue weighted by Gasteiger charge is -2.02. The Balaban J connectivity index is 3.91. The molecule has 0 aliphatic carbocycles. The Kier molecular flexibility index (Phi) is 5.93. The average molecular weight is 175 g/mol. The van der Waals surface area contributed by atoms with Crippen LogP contribution in [0.15, 0.2) is 16.5 Å². The van der Waals surface area contributed by atoms with E-state index in [0.29, 0.717) is 0 Å². The van der Waals surface area contributed by atoms with Crippen LogP contribution in [-0.4, -0.2) is 24.1 Å². The summed E-state index contributed by atoms with van der Waals surface area (Å²) in [6, 6.07) is 0. The first-order valence-electron chi connectivity index (χ1n) is 3.09. The SMILES string of the molecule is C=C(SCC)C(=NC)SC. The highest BCUT2D eigenvalue weighted by Gasteiger charge is 1.99. The van der Waals surface area contributed by atoms with Crippen molar-refractivity contribution in [2.75, 3.05) is 19.1 Å². The van der Waals surface area contributed by atoms with Crippen molar-refractivity contribution in [1.29, 1.82) is 0 Å². The van der Waals surface area contributed by atoms with Crippen LogP contribution in [0.2, 0.25) is 0 Å². The molecule has 0 heterocycles. The van der Waals surface area contributed by atoms with Gasteiger partial charge < -0.3 is 0 Å². The minimum absolute atomic E-state index is 1.05. The van der Waals surface area contributed by atoms with E-state index in [9.17, 15) is 0 Å². The number of thioether (sulfide) groups is 2. The molecule has 58 valence electrons. The lowest BCUT2D eigenvalue weighted by molar-refractivity contribution is 1.47. The van der Waals surface area contributed by atoms with E-state index in [1.54, 1.807) is 30.6 Å². The van der Waals surface area contributed by atoms with Crippen molar-refractivity contribution in [2.45, 2.75) is 6.92 Å². The number of hydrogen-bond acceptors (Lipinski definition) is 3. The van der Waals surface area contributed by atoms with E-state index in [0.717, 1.165) is 15.7 Å². The second-order valence-electron chi connectivity index (χ2n) is 1.59. The maximum atomic E-state index is 4.08. The molecule has 0 amide bonds. The number of aliphatic imine (C=N–C) groups is 1. The number of rotatable bonds is 3. The Labute approximate surface area is 71.4 Å². The summed E-state index contributed by atoms with van der Waals surface area (Å²) in [7, 11) is 1.80. The molecule has 0 saturated heterocycles. The molecule has 0 bridgehead atoms. The van der Waals surface area contributed by atoms with E-state index in [-0.39, 0.29) is 0 Å². The smallest absolute Gasteiger partial charge is 0.103 e. The minimum Gasteiger partial charge on any atom is -0.281 e. The molecular formula is C7H13NS2. The molecule has 0 spiro atoms. The van der Waals surface area contributed by atoms with Gasteiger partial charge in [0.05, 0.1) is 0 Å². The molecule has 10 heavy (non-hydrogen) atoms. The Morgan fingerprint density at radius 1 is 1.60 bits per heavy atom. The summed E-state index contributed by atoms with van der Waals surface area (Å²) in [4.78, 5) is 5.17. The quantitative estimate of drug-likeness (QED) is 0.483. The molecule has 0 aliphatic heterocycles. The highest BCUT2D eigenvalue weighted by atomic mass is 32.2. The summed E-state index contributed by atoms with van der Waals surface area (Å²) in [6.07, 6.45) is 2.02. The molecule has 0 atom stereocenters. The van der Waals surface area contributed by atoms with Gasteiger partial charge in [0.15, 0.2) is 0 Å². The van der Waals surface area contributed by atoms with Crippen LogP contribution >= 0.6 is 23.5 Å². The summed E-state index contributed by atoms with van der Waals surface area (Å²) in [5, 5.41) is 1.05. The standard InChI is InChI=1S/C7H13NS2/c1-5-10-6(2)7(8-3)9-4/h2,5H2,1,3-4H3. The third-order valence-corrected chi connectivity index (χ3v) is 2.73. The molecule has 0 rings (SSSR count). The molecule has 3 heteroatoms. The molecule has 0 N–H and O–H groups in total. The van der Waals surface area contributed by atoms with Crippen molar-refractivity contribution in [3.8, 4) is 0 Å². The van der Waals surface area contributed by atoms with Gasteiger partial charge in [-0.25, -0.2) is 0 Å². The van der Waals surface area contributed by atoms with E-state index in [2.05, 4.69) is 18.5 Å². The van der Waals surface area contributed by atoms with Crippen LogP contribution in [0.3, 0.4) is 0 Å². The monoisotopic (exact) mass is 175 g/mol. The van der Waals surface area contributed by atoms with Crippen molar-refractivity contribution in [1.82, 2.24) is 0 Å². The highest BCUT2D eigenvalue weighted by molar-refractivity contribution is 8.17. The average Bonchev–Trinajstić information content (AvgIpc) is 1.91. The summed E-state index contributed by atoms with van der Waals surface area (Å²) in [6.45, 7) is 6.01. The molecule has 0 saturated carbocycles.